The first-order valence-corrected chi connectivity index (χ1v) is 6.99. The standard InChI is InChI=1S/C18H21NO2/c1-12(20)16-11-14(13-5-8-15(21)9-6-13)7-10-17(16)19-18(2,3)4/h5-11,19,21H,1-4H3. The molecule has 0 radical (unpaired) electrons. The van der Waals surface area contributed by atoms with Gasteiger partial charge in [0, 0.05) is 16.8 Å². The summed E-state index contributed by atoms with van der Waals surface area (Å²) in [5, 5.41) is 12.7. The van der Waals surface area contributed by atoms with E-state index in [9.17, 15) is 9.90 Å². The lowest BCUT2D eigenvalue weighted by atomic mass is 9.98. The summed E-state index contributed by atoms with van der Waals surface area (Å²) in [5.74, 6) is 0.263. The third kappa shape index (κ3) is 3.85. The van der Waals surface area contributed by atoms with Crippen molar-refractivity contribution in [1.29, 1.82) is 0 Å². The van der Waals surface area contributed by atoms with Crippen LogP contribution in [0.1, 0.15) is 38.1 Å². The summed E-state index contributed by atoms with van der Waals surface area (Å²) in [7, 11) is 0. The lowest BCUT2D eigenvalue weighted by Gasteiger charge is -2.24. The number of nitrogens with one attached hydrogen (secondary N) is 1. The molecule has 2 N–H and O–H groups in total. The lowest BCUT2D eigenvalue weighted by molar-refractivity contribution is 0.101. The number of benzene rings is 2. The van der Waals surface area contributed by atoms with Crippen LogP contribution in [0.2, 0.25) is 0 Å². The Balaban J connectivity index is 2.45. The molecular formula is C18H21NO2. The fourth-order valence-electron chi connectivity index (χ4n) is 2.18. The molecule has 2 rings (SSSR count). The van der Waals surface area contributed by atoms with Gasteiger partial charge in [0.1, 0.15) is 5.75 Å². The van der Waals surface area contributed by atoms with E-state index in [1.807, 2.05) is 30.3 Å². The summed E-state index contributed by atoms with van der Waals surface area (Å²) in [4.78, 5) is 11.9. The van der Waals surface area contributed by atoms with Crippen molar-refractivity contribution in [1.82, 2.24) is 0 Å². The van der Waals surface area contributed by atoms with Gasteiger partial charge >= 0.3 is 0 Å². The number of aromatic hydroxyl groups is 1. The average molecular weight is 283 g/mol. The highest BCUT2D eigenvalue weighted by Crippen LogP contribution is 2.28. The van der Waals surface area contributed by atoms with E-state index < -0.39 is 0 Å². The van der Waals surface area contributed by atoms with E-state index in [1.165, 1.54) is 0 Å². The second kappa shape index (κ2) is 5.60. The van der Waals surface area contributed by atoms with Crippen LogP contribution in [-0.2, 0) is 0 Å². The molecule has 21 heavy (non-hydrogen) atoms. The molecule has 2 aromatic carbocycles. The van der Waals surface area contributed by atoms with Crippen LogP contribution in [0.4, 0.5) is 5.69 Å². The van der Waals surface area contributed by atoms with E-state index in [0.717, 1.165) is 16.8 Å². The smallest absolute Gasteiger partial charge is 0.161 e. The van der Waals surface area contributed by atoms with Gasteiger partial charge in [-0.25, -0.2) is 0 Å². The van der Waals surface area contributed by atoms with Crippen LogP contribution >= 0.6 is 0 Å². The topological polar surface area (TPSA) is 49.3 Å². The minimum absolute atomic E-state index is 0.0300. The first-order chi connectivity index (χ1) is 9.76. The molecule has 0 aliphatic carbocycles. The van der Waals surface area contributed by atoms with E-state index >= 15 is 0 Å². The summed E-state index contributed by atoms with van der Waals surface area (Å²) >= 11 is 0. The fraction of sp³-hybridized carbons (Fsp3) is 0.278. The van der Waals surface area contributed by atoms with E-state index in [0.29, 0.717) is 5.56 Å². The molecule has 0 atom stereocenters. The number of phenols is 1. The predicted molar refractivity (Wildman–Crippen MR) is 86.9 cm³/mol. The van der Waals surface area contributed by atoms with Gasteiger partial charge in [-0.3, -0.25) is 4.79 Å². The fourth-order valence-corrected chi connectivity index (χ4v) is 2.18. The Kier molecular flexibility index (Phi) is 4.03. The number of carbonyl (C=O) groups is 1. The predicted octanol–water partition coefficient (Wildman–Crippen LogP) is 4.47. The third-order valence-corrected chi connectivity index (χ3v) is 3.11. The number of hydrogen-bond acceptors (Lipinski definition) is 3. The van der Waals surface area contributed by atoms with E-state index in [-0.39, 0.29) is 17.1 Å². The van der Waals surface area contributed by atoms with Gasteiger partial charge in [-0.2, -0.15) is 0 Å². The zero-order valence-corrected chi connectivity index (χ0v) is 12.9. The van der Waals surface area contributed by atoms with Crippen LogP contribution in [0.3, 0.4) is 0 Å². The Morgan fingerprint density at radius 1 is 1.00 bits per heavy atom. The molecule has 110 valence electrons. The zero-order valence-electron chi connectivity index (χ0n) is 12.9. The molecule has 0 saturated heterocycles. The Morgan fingerprint density at radius 2 is 1.57 bits per heavy atom. The number of ketones is 1. The normalized spacial score (nSPS) is 11.2. The molecule has 0 aromatic heterocycles. The number of hydrogen-bond donors (Lipinski definition) is 2. The van der Waals surface area contributed by atoms with Gasteiger partial charge in [-0.05, 0) is 63.1 Å². The zero-order chi connectivity index (χ0) is 15.6. The number of rotatable bonds is 3. The van der Waals surface area contributed by atoms with E-state index in [4.69, 9.17) is 0 Å². The molecule has 3 nitrogen and oxygen atoms in total. The first kappa shape index (κ1) is 15.1. The lowest BCUT2D eigenvalue weighted by Crippen LogP contribution is -2.27. The maximum absolute atomic E-state index is 11.9. The van der Waals surface area contributed by atoms with Gasteiger partial charge in [0.25, 0.3) is 0 Å². The monoisotopic (exact) mass is 283 g/mol. The van der Waals surface area contributed by atoms with Gasteiger partial charge in [0.15, 0.2) is 5.78 Å². The molecule has 0 unspecified atom stereocenters. The van der Waals surface area contributed by atoms with Crippen LogP contribution < -0.4 is 5.32 Å². The average Bonchev–Trinajstić information content (AvgIpc) is 2.38. The van der Waals surface area contributed by atoms with Crippen molar-refractivity contribution in [2.45, 2.75) is 33.2 Å². The molecule has 0 spiro atoms. The van der Waals surface area contributed by atoms with Crippen molar-refractivity contribution >= 4 is 11.5 Å². The Morgan fingerprint density at radius 3 is 2.10 bits per heavy atom. The number of phenolic OH excluding ortho intramolecular Hbond substituents is 1. The van der Waals surface area contributed by atoms with Crippen molar-refractivity contribution in [3.63, 3.8) is 0 Å². The highest BCUT2D eigenvalue weighted by atomic mass is 16.3. The Bertz CT molecular complexity index is 652. The van der Waals surface area contributed by atoms with Crippen LogP contribution in [0.25, 0.3) is 11.1 Å². The van der Waals surface area contributed by atoms with Crippen molar-refractivity contribution < 1.29 is 9.90 Å². The molecular weight excluding hydrogens is 262 g/mol. The van der Waals surface area contributed by atoms with E-state index in [1.54, 1.807) is 19.1 Å². The number of Topliss-reactive ketones (excluding diaryl/α,β-unsaturated/α-hetero) is 1. The van der Waals surface area contributed by atoms with E-state index in [2.05, 4.69) is 26.1 Å². The van der Waals surface area contributed by atoms with Crippen molar-refractivity contribution in [2.24, 2.45) is 0 Å². The summed E-state index contributed by atoms with van der Waals surface area (Å²) in [6, 6.07) is 12.8. The molecule has 2 aromatic rings. The summed E-state index contributed by atoms with van der Waals surface area (Å²) in [5.41, 5.74) is 3.34. The Hall–Kier alpha value is -2.29. The van der Waals surface area contributed by atoms with Crippen LogP contribution in [0.5, 0.6) is 5.75 Å². The summed E-state index contributed by atoms with van der Waals surface area (Å²) < 4.78 is 0. The number of carbonyl (C=O) groups excluding carboxylic acids is 1. The van der Waals surface area contributed by atoms with Gasteiger partial charge in [-0.15, -0.1) is 0 Å². The molecule has 0 fully saturated rings. The first-order valence-electron chi connectivity index (χ1n) is 6.99. The van der Waals surface area contributed by atoms with Gasteiger partial charge in [-0.1, -0.05) is 18.2 Å². The highest BCUT2D eigenvalue weighted by Gasteiger charge is 2.15. The Labute approximate surface area is 125 Å². The molecule has 0 heterocycles. The van der Waals surface area contributed by atoms with Crippen LogP contribution in [0.15, 0.2) is 42.5 Å². The molecule has 0 bridgehead atoms. The molecule has 0 aliphatic heterocycles. The van der Waals surface area contributed by atoms with Crippen molar-refractivity contribution in [3.05, 3.63) is 48.0 Å². The molecule has 3 heteroatoms. The highest BCUT2D eigenvalue weighted by molar-refractivity contribution is 6.01. The minimum Gasteiger partial charge on any atom is -0.508 e. The summed E-state index contributed by atoms with van der Waals surface area (Å²) in [6.07, 6.45) is 0. The van der Waals surface area contributed by atoms with Gasteiger partial charge in [0.05, 0.1) is 0 Å². The van der Waals surface area contributed by atoms with Crippen LogP contribution in [-0.4, -0.2) is 16.4 Å². The second-order valence-corrected chi connectivity index (χ2v) is 6.24. The maximum Gasteiger partial charge on any atom is 0.161 e. The van der Waals surface area contributed by atoms with Crippen molar-refractivity contribution in [3.8, 4) is 16.9 Å². The third-order valence-electron chi connectivity index (χ3n) is 3.11. The molecule has 0 amide bonds. The van der Waals surface area contributed by atoms with Crippen LogP contribution in [0, 0.1) is 0 Å². The SMILES string of the molecule is CC(=O)c1cc(-c2ccc(O)cc2)ccc1NC(C)(C)C. The number of anilines is 1. The van der Waals surface area contributed by atoms with Gasteiger partial charge in [0.2, 0.25) is 0 Å². The quantitative estimate of drug-likeness (QED) is 0.817. The van der Waals surface area contributed by atoms with Gasteiger partial charge < -0.3 is 10.4 Å². The second-order valence-electron chi connectivity index (χ2n) is 6.24. The summed E-state index contributed by atoms with van der Waals surface area (Å²) in [6.45, 7) is 7.75. The molecule has 0 saturated carbocycles. The molecule has 0 aliphatic rings. The maximum atomic E-state index is 11.9. The minimum atomic E-state index is -0.107. The largest absolute Gasteiger partial charge is 0.508 e. The van der Waals surface area contributed by atoms with Crippen molar-refractivity contribution in [2.75, 3.05) is 5.32 Å².